The Morgan fingerprint density at radius 2 is 2.00 bits per heavy atom. The van der Waals surface area contributed by atoms with Crippen LogP contribution in [0.4, 0.5) is 5.69 Å². The van der Waals surface area contributed by atoms with E-state index in [1.807, 2.05) is 0 Å². The third-order valence-electron chi connectivity index (χ3n) is 3.53. The number of anilines is 1. The summed E-state index contributed by atoms with van der Waals surface area (Å²) in [4.78, 5) is 12.2. The molecule has 0 spiro atoms. The van der Waals surface area contributed by atoms with Crippen molar-refractivity contribution in [3.8, 4) is 11.5 Å². The molecule has 0 atom stereocenters. The second-order valence-electron chi connectivity index (χ2n) is 4.94. The predicted molar refractivity (Wildman–Crippen MR) is 85.5 cm³/mol. The highest BCUT2D eigenvalue weighted by atomic mass is 35.5. The van der Waals surface area contributed by atoms with Crippen LogP contribution in [0.25, 0.3) is 11.6 Å². The van der Waals surface area contributed by atoms with Crippen molar-refractivity contribution < 1.29 is 14.3 Å². The Morgan fingerprint density at radius 1 is 1.14 bits per heavy atom. The van der Waals surface area contributed by atoms with Gasteiger partial charge in [-0.3, -0.25) is 4.79 Å². The van der Waals surface area contributed by atoms with Gasteiger partial charge in [0.15, 0.2) is 11.5 Å². The minimum Gasteiger partial charge on any atom is -0.454 e. The largest absolute Gasteiger partial charge is 0.454 e. The molecule has 0 radical (unpaired) electrons. The van der Waals surface area contributed by atoms with Gasteiger partial charge in [-0.1, -0.05) is 23.2 Å². The molecule has 4 rings (SSSR count). The zero-order valence-corrected chi connectivity index (χ0v) is 12.7. The van der Waals surface area contributed by atoms with Gasteiger partial charge in [0.05, 0.1) is 5.02 Å². The molecular weight excluding hydrogens is 325 g/mol. The van der Waals surface area contributed by atoms with Crippen LogP contribution < -0.4 is 14.8 Å². The van der Waals surface area contributed by atoms with Crippen molar-refractivity contribution in [2.45, 2.75) is 0 Å². The number of fused-ring (bicyclic) bond motifs is 2. The Bertz CT molecular complexity index is 846. The normalized spacial score (nSPS) is 16.8. The van der Waals surface area contributed by atoms with Crippen molar-refractivity contribution >= 4 is 46.4 Å². The average molecular weight is 334 g/mol. The molecule has 2 aromatic carbocycles. The van der Waals surface area contributed by atoms with E-state index in [0.717, 1.165) is 16.8 Å². The van der Waals surface area contributed by atoms with E-state index in [-0.39, 0.29) is 12.7 Å². The topological polar surface area (TPSA) is 47.6 Å². The third kappa shape index (κ3) is 2.12. The molecule has 2 aromatic rings. The molecule has 0 aliphatic carbocycles. The molecule has 0 bridgehead atoms. The zero-order valence-electron chi connectivity index (χ0n) is 11.2. The number of carbonyl (C=O) groups is 1. The van der Waals surface area contributed by atoms with Crippen LogP contribution in [-0.2, 0) is 4.79 Å². The molecule has 0 aromatic heterocycles. The summed E-state index contributed by atoms with van der Waals surface area (Å²) in [7, 11) is 0. The predicted octanol–water partition coefficient (Wildman–Crippen LogP) is 4.21. The smallest absolute Gasteiger partial charge is 0.256 e. The quantitative estimate of drug-likeness (QED) is 0.795. The fourth-order valence-electron chi connectivity index (χ4n) is 2.54. The number of rotatable bonds is 1. The number of hydrogen-bond acceptors (Lipinski definition) is 3. The van der Waals surface area contributed by atoms with Gasteiger partial charge < -0.3 is 14.8 Å². The van der Waals surface area contributed by atoms with Crippen LogP contribution in [0.5, 0.6) is 11.5 Å². The molecule has 1 amide bonds. The van der Waals surface area contributed by atoms with Crippen molar-refractivity contribution in [3.63, 3.8) is 0 Å². The van der Waals surface area contributed by atoms with Gasteiger partial charge in [0.2, 0.25) is 6.79 Å². The van der Waals surface area contributed by atoms with Crippen LogP contribution in [0.2, 0.25) is 10.0 Å². The minimum atomic E-state index is -0.175. The number of halogens is 2. The zero-order chi connectivity index (χ0) is 15.3. The molecule has 1 N–H and O–H groups in total. The van der Waals surface area contributed by atoms with E-state index in [1.165, 1.54) is 0 Å². The van der Waals surface area contributed by atoms with Gasteiger partial charge in [0, 0.05) is 21.8 Å². The molecule has 110 valence electrons. The van der Waals surface area contributed by atoms with Crippen molar-refractivity contribution in [2.24, 2.45) is 0 Å². The van der Waals surface area contributed by atoms with Crippen molar-refractivity contribution in [1.29, 1.82) is 0 Å². The summed E-state index contributed by atoms with van der Waals surface area (Å²) in [6, 6.07) is 8.80. The van der Waals surface area contributed by atoms with Crippen LogP contribution in [-0.4, -0.2) is 12.7 Å². The van der Waals surface area contributed by atoms with Crippen molar-refractivity contribution in [3.05, 3.63) is 51.5 Å². The van der Waals surface area contributed by atoms with E-state index in [9.17, 15) is 4.79 Å². The second kappa shape index (κ2) is 4.93. The first-order chi connectivity index (χ1) is 10.6. The molecule has 6 heteroatoms. The molecule has 2 aliphatic heterocycles. The van der Waals surface area contributed by atoms with Gasteiger partial charge in [0.1, 0.15) is 0 Å². The van der Waals surface area contributed by atoms with E-state index >= 15 is 0 Å². The number of nitrogens with one attached hydrogen (secondary N) is 1. The molecule has 0 saturated heterocycles. The molecule has 2 aliphatic rings. The molecule has 0 unspecified atom stereocenters. The third-order valence-corrected chi connectivity index (χ3v) is 4.04. The van der Waals surface area contributed by atoms with Gasteiger partial charge >= 0.3 is 0 Å². The standard InChI is InChI=1S/C16H9Cl2NO3/c17-9-1-2-13-10(6-9)11(16(20)19-13)3-8-4-12(18)15-14(5-8)21-7-22-15/h1-6H,7H2,(H,19,20)/b11-3-. The SMILES string of the molecule is O=C1Nc2ccc(Cl)cc2/C1=C/c1cc(Cl)c2c(c1)OCO2. The molecule has 0 fully saturated rings. The van der Waals surface area contributed by atoms with Gasteiger partial charge in [-0.05, 0) is 42.0 Å². The van der Waals surface area contributed by atoms with E-state index in [2.05, 4.69) is 5.32 Å². The number of hydrogen-bond donors (Lipinski definition) is 1. The maximum atomic E-state index is 12.2. The number of benzene rings is 2. The molecule has 0 saturated carbocycles. The lowest BCUT2D eigenvalue weighted by Crippen LogP contribution is -2.03. The summed E-state index contributed by atoms with van der Waals surface area (Å²) in [5, 5.41) is 3.83. The summed E-state index contributed by atoms with van der Waals surface area (Å²) >= 11 is 12.2. The lowest BCUT2D eigenvalue weighted by atomic mass is 10.0. The van der Waals surface area contributed by atoms with Crippen LogP contribution in [0, 0.1) is 0 Å². The fourth-order valence-corrected chi connectivity index (χ4v) is 2.99. The Labute approximate surface area is 136 Å². The maximum absolute atomic E-state index is 12.2. The maximum Gasteiger partial charge on any atom is 0.256 e. The van der Waals surface area contributed by atoms with Gasteiger partial charge in [-0.25, -0.2) is 0 Å². The van der Waals surface area contributed by atoms with Gasteiger partial charge in [0.25, 0.3) is 5.91 Å². The fraction of sp³-hybridized carbons (Fsp3) is 0.0625. The van der Waals surface area contributed by atoms with E-state index < -0.39 is 0 Å². The minimum absolute atomic E-state index is 0.147. The van der Waals surface area contributed by atoms with E-state index in [0.29, 0.717) is 27.1 Å². The number of ether oxygens (including phenoxy) is 2. The molecule has 4 nitrogen and oxygen atoms in total. The highest BCUT2D eigenvalue weighted by molar-refractivity contribution is 6.37. The number of amides is 1. The summed E-state index contributed by atoms with van der Waals surface area (Å²) in [6.45, 7) is 0.147. The first-order valence-electron chi connectivity index (χ1n) is 6.54. The summed E-state index contributed by atoms with van der Waals surface area (Å²) in [6.07, 6.45) is 1.76. The molecule has 2 heterocycles. The van der Waals surface area contributed by atoms with Crippen molar-refractivity contribution in [2.75, 3.05) is 12.1 Å². The first kappa shape index (κ1) is 13.5. The Hall–Kier alpha value is -2.17. The monoisotopic (exact) mass is 333 g/mol. The summed E-state index contributed by atoms with van der Waals surface area (Å²) in [5.74, 6) is 0.929. The summed E-state index contributed by atoms with van der Waals surface area (Å²) < 4.78 is 10.6. The average Bonchev–Trinajstić information content (AvgIpc) is 3.05. The van der Waals surface area contributed by atoms with Crippen LogP contribution in [0.1, 0.15) is 11.1 Å². The van der Waals surface area contributed by atoms with Crippen LogP contribution in [0.15, 0.2) is 30.3 Å². The highest BCUT2D eigenvalue weighted by Crippen LogP contribution is 2.41. The number of carbonyl (C=O) groups excluding carboxylic acids is 1. The Balaban J connectivity index is 1.83. The van der Waals surface area contributed by atoms with Gasteiger partial charge in [-0.2, -0.15) is 0 Å². The first-order valence-corrected chi connectivity index (χ1v) is 7.29. The van der Waals surface area contributed by atoms with Crippen LogP contribution >= 0.6 is 23.2 Å². The highest BCUT2D eigenvalue weighted by Gasteiger charge is 2.25. The second-order valence-corrected chi connectivity index (χ2v) is 5.78. The van der Waals surface area contributed by atoms with Gasteiger partial charge in [-0.15, -0.1) is 0 Å². The van der Waals surface area contributed by atoms with Crippen LogP contribution in [0.3, 0.4) is 0 Å². The lowest BCUT2D eigenvalue weighted by molar-refractivity contribution is -0.110. The van der Waals surface area contributed by atoms with Crippen molar-refractivity contribution in [1.82, 2.24) is 0 Å². The Morgan fingerprint density at radius 3 is 2.86 bits per heavy atom. The summed E-state index contributed by atoms with van der Waals surface area (Å²) in [5.41, 5.74) is 2.80. The Kier molecular flexibility index (Phi) is 3.03. The molecular formula is C16H9Cl2NO3. The van der Waals surface area contributed by atoms with E-state index in [4.69, 9.17) is 32.7 Å². The lowest BCUT2D eigenvalue weighted by Gasteiger charge is -2.03. The van der Waals surface area contributed by atoms with E-state index in [1.54, 1.807) is 36.4 Å². The molecule has 22 heavy (non-hydrogen) atoms.